The van der Waals surface area contributed by atoms with E-state index in [1.165, 1.54) is 41.0 Å². The second-order valence-electron chi connectivity index (χ2n) is 4.73. The monoisotopic (exact) mass is 239 g/mol. The summed E-state index contributed by atoms with van der Waals surface area (Å²) >= 11 is 1.86. The van der Waals surface area contributed by atoms with Gasteiger partial charge >= 0.3 is 0 Å². The lowest BCUT2D eigenvalue weighted by molar-refractivity contribution is -0.0377. The number of nitrogens with one attached hydrogen (secondary N) is 1. The number of thiophene rings is 1. The van der Waals surface area contributed by atoms with Gasteiger partial charge in [0.05, 0.1) is 12.1 Å². The molecule has 0 bridgehead atoms. The molecule has 1 aliphatic carbocycles. The van der Waals surface area contributed by atoms with Gasteiger partial charge in [-0.25, -0.2) is 0 Å². The van der Waals surface area contributed by atoms with Gasteiger partial charge in [-0.05, 0) is 45.2 Å². The number of hydroxylamine groups is 1. The molecule has 1 unspecified atom stereocenters. The summed E-state index contributed by atoms with van der Waals surface area (Å²) in [5.41, 5.74) is 4.58. The van der Waals surface area contributed by atoms with Crippen molar-refractivity contribution in [3.8, 4) is 0 Å². The maximum Gasteiger partial charge on any atom is 0.0790 e. The second kappa shape index (κ2) is 5.30. The smallest absolute Gasteiger partial charge is 0.0790 e. The summed E-state index contributed by atoms with van der Waals surface area (Å²) in [6.45, 7) is 6.51. The van der Waals surface area contributed by atoms with Crippen molar-refractivity contribution in [1.82, 2.24) is 5.48 Å². The largest absolute Gasteiger partial charge is 0.298 e. The van der Waals surface area contributed by atoms with Crippen molar-refractivity contribution in [1.29, 1.82) is 0 Å². The standard InChI is InChI=1S/C13H21NOS/c1-9-8-13(11(3)16-9)10(2)14-15-12-6-4-5-7-12/h8,10,12,14H,4-7H2,1-3H3. The van der Waals surface area contributed by atoms with E-state index in [9.17, 15) is 0 Å². The zero-order valence-corrected chi connectivity index (χ0v) is 11.2. The molecule has 0 spiro atoms. The van der Waals surface area contributed by atoms with E-state index in [-0.39, 0.29) is 0 Å². The SMILES string of the molecule is Cc1cc(C(C)NOC2CCCC2)c(C)s1. The highest BCUT2D eigenvalue weighted by molar-refractivity contribution is 7.12. The molecule has 1 N–H and O–H groups in total. The molecule has 0 saturated heterocycles. The van der Waals surface area contributed by atoms with Crippen LogP contribution in [0.2, 0.25) is 0 Å². The normalized spacial score (nSPS) is 19.2. The molecule has 0 amide bonds. The van der Waals surface area contributed by atoms with Gasteiger partial charge in [-0.15, -0.1) is 11.3 Å². The minimum absolute atomic E-state index is 0.297. The molecule has 2 nitrogen and oxygen atoms in total. The Balaban J connectivity index is 1.87. The van der Waals surface area contributed by atoms with Crippen molar-refractivity contribution in [2.24, 2.45) is 0 Å². The van der Waals surface area contributed by atoms with E-state index in [1.807, 2.05) is 11.3 Å². The fraction of sp³-hybridized carbons (Fsp3) is 0.692. The topological polar surface area (TPSA) is 21.3 Å². The predicted octanol–water partition coefficient (Wildman–Crippen LogP) is 3.89. The highest BCUT2D eigenvalue weighted by Crippen LogP contribution is 2.27. The maximum atomic E-state index is 5.74. The molecule has 1 aromatic rings. The van der Waals surface area contributed by atoms with Gasteiger partial charge in [0.15, 0.2) is 0 Å². The number of hydrogen-bond donors (Lipinski definition) is 1. The summed E-state index contributed by atoms with van der Waals surface area (Å²) in [6, 6.07) is 2.56. The molecule has 16 heavy (non-hydrogen) atoms. The van der Waals surface area contributed by atoms with Crippen LogP contribution in [0.4, 0.5) is 0 Å². The molecule has 90 valence electrons. The Bertz CT molecular complexity index is 342. The van der Waals surface area contributed by atoms with Crippen LogP contribution in [0.5, 0.6) is 0 Å². The van der Waals surface area contributed by atoms with Gasteiger partial charge < -0.3 is 0 Å². The van der Waals surface area contributed by atoms with Gasteiger partial charge in [0.2, 0.25) is 0 Å². The highest BCUT2D eigenvalue weighted by atomic mass is 32.1. The van der Waals surface area contributed by atoms with E-state index in [2.05, 4.69) is 32.3 Å². The predicted molar refractivity (Wildman–Crippen MR) is 68.7 cm³/mol. The molecule has 2 rings (SSSR count). The Hall–Kier alpha value is -0.380. The first-order valence-electron chi connectivity index (χ1n) is 6.15. The average Bonchev–Trinajstić information content (AvgIpc) is 2.84. The van der Waals surface area contributed by atoms with Crippen molar-refractivity contribution in [2.45, 2.75) is 58.6 Å². The first-order valence-corrected chi connectivity index (χ1v) is 6.96. The van der Waals surface area contributed by atoms with Gasteiger partial charge in [-0.2, -0.15) is 5.48 Å². The van der Waals surface area contributed by atoms with Crippen molar-refractivity contribution in [3.63, 3.8) is 0 Å². The van der Waals surface area contributed by atoms with E-state index in [0.29, 0.717) is 12.1 Å². The van der Waals surface area contributed by atoms with Crippen LogP contribution in [0.3, 0.4) is 0 Å². The molecule has 1 fully saturated rings. The Morgan fingerprint density at radius 3 is 2.62 bits per heavy atom. The van der Waals surface area contributed by atoms with Crippen LogP contribution in [0.25, 0.3) is 0 Å². The van der Waals surface area contributed by atoms with Crippen molar-refractivity contribution >= 4 is 11.3 Å². The molecule has 1 aromatic heterocycles. The molecule has 0 aromatic carbocycles. The quantitative estimate of drug-likeness (QED) is 0.805. The first-order chi connectivity index (χ1) is 7.66. The Morgan fingerprint density at radius 2 is 2.06 bits per heavy atom. The van der Waals surface area contributed by atoms with E-state index in [4.69, 9.17) is 4.84 Å². The van der Waals surface area contributed by atoms with Gasteiger partial charge in [0.25, 0.3) is 0 Å². The van der Waals surface area contributed by atoms with Crippen LogP contribution in [0.15, 0.2) is 6.07 Å². The Morgan fingerprint density at radius 1 is 1.38 bits per heavy atom. The lowest BCUT2D eigenvalue weighted by Crippen LogP contribution is -2.24. The summed E-state index contributed by atoms with van der Waals surface area (Å²) in [5, 5.41) is 0. The first kappa shape index (κ1) is 12.1. The number of rotatable bonds is 4. The molecular weight excluding hydrogens is 218 g/mol. The van der Waals surface area contributed by atoms with Gasteiger partial charge in [-0.3, -0.25) is 4.84 Å². The molecular formula is C13H21NOS. The zero-order chi connectivity index (χ0) is 11.5. The minimum Gasteiger partial charge on any atom is -0.298 e. The van der Waals surface area contributed by atoms with E-state index in [0.717, 1.165) is 0 Å². The fourth-order valence-corrected chi connectivity index (χ4v) is 3.37. The summed E-state index contributed by atoms with van der Waals surface area (Å²) in [4.78, 5) is 8.51. The third-order valence-electron chi connectivity index (χ3n) is 3.26. The Labute approximate surface area is 102 Å². The van der Waals surface area contributed by atoms with Gasteiger partial charge in [-0.1, -0.05) is 12.8 Å². The van der Waals surface area contributed by atoms with E-state index >= 15 is 0 Å². The molecule has 1 aliphatic rings. The third kappa shape index (κ3) is 2.84. The van der Waals surface area contributed by atoms with E-state index in [1.54, 1.807) is 0 Å². The number of hydrogen-bond acceptors (Lipinski definition) is 3. The lowest BCUT2D eigenvalue weighted by Gasteiger charge is -2.17. The van der Waals surface area contributed by atoms with Crippen LogP contribution in [0.1, 0.15) is 54.0 Å². The van der Waals surface area contributed by atoms with Crippen LogP contribution in [-0.2, 0) is 4.84 Å². The van der Waals surface area contributed by atoms with Crippen LogP contribution in [0, 0.1) is 13.8 Å². The third-order valence-corrected chi connectivity index (χ3v) is 4.24. The van der Waals surface area contributed by atoms with Gasteiger partial charge in [0.1, 0.15) is 0 Å². The molecule has 0 aliphatic heterocycles. The summed E-state index contributed by atoms with van der Waals surface area (Å²) in [6.07, 6.45) is 5.49. The molecule has 1 atom stereocenters. The molecule has 1 saturated carbocycles. The summed E-state index contributed by atoms with van der Waals surface area (Å²) < 4.78 is 0. The van der Waals surface area contributed by atoms with Crippen molar-refractivity contribution < 1.29 is 4.84 Å². The zero-order valence-electron chi connectivity index (χ0n) is 10.4. The second-order valence-corrected chi connectivity index (χ2v) is 6.19. The van der Waals surface area contributed by atoms with Crippen LogP contribution >= 0.6 is 11.3 Å². The number of aryl methyl sites for hydroxylation is 2. The molecule has 0 radical (unpaired) electrons. The lowest BCUT2D eigenvalue weighted by atomic mass is 10.1. The summed E-state index contributed by atoms with van der Waals surface area (Å²) in [7, 11) is 0. The van der Waals surface area contributed by atoms with Crippen molar-refractivity contribution in [2.75, 3.05) is 0 Å². The molecule has 1 heterocycles. The van der Waals surface area contributed by atoms with Crippen LogP contribution in [-0.4, -0.2) is 6.10 Å². The minimum atomic E-state index is 0.297. The molecule has 3 heteroatoms. The maximum absolute atomic E-state index is 5.74. The van der Waals surface area contributed by atoms with Crippen molar-refractivity contribution in [3.05, 3.63) is 21.4 Å². The van der Waals surface area contributed by atoms with Crippen LogP contribution < -0.4 is 5.48 Å². The average molecular weight is 239 g/mol. The summed E-state index contributed by atoms with van der Waals surface area (Å²) in [5.74, 6) is 0. The highest BCUT2D eigenvalue weighted by Gasteiger charge is 2.18. The Kier molecular flexibility index (Phi) is 4.00. The van der Waals surface area contributed by atoms with Gasteiger partial charge in [0, 0.05) is 9.75 Å². The fourth-order valence-electron chi connectivity index (χ4n) is 2.35. The van der Waals surface area contributed by atoms with E-state index < -0.39 is 0 Å².